The fourth-order valence-electron chi connectivity index (χ4n) is 3.65. The fourth-order valence-corrected chi connectivity index (χ4v) is 7.58. The second-order valence-corrected chi connectivity index (χ2v) is 10.7. The van der Waals surface area contributed by atoms with Crippen molar-refractivity contribution in [2.45, 2.75) is 24.6 Å². The van der Waals surface area contributed by atoms with E-state index in [1.807, 2.05) is 60.4 Å². The molecule has 2 aliphatic heterocycles. The molecule has 2 heterocycles. The fraction of sp³-hybridized carbons (Fsp3) is 0.333. The Bertz CT molecular complexity index is 1060. The third-order valence-electron chi connectivity index (χ3n) is 5.09. The molecule has 0 radical (unpaired) electrons. The number of carbonyl (C=O) groups is 1. The first-order chi connectivity index (χ1) is 13.8. The van der Waals surface area contributed by atoms with Crippen LogP contribution in [0.15, 0.2) is 53.5 Å². The van der Waals surface area contributed by atoms with Crippen molar-refractivity contribution in [3.63, 3.8) is 0 Å². The number of anilines is 1. The van der Waals surface area contributed by atoms with Gasteiger partial charge in [0, 0.05) is 17.0 Å². The average Bonchev–Trinajstić information content (AvgIpc) is 3.14. The van der Waals surface area contributed by atoms with Crippen molar-refractivity contribution in [2.75, 3.05) is 23.5 Å². The van der Waals surface area contributed by atoms with Crippen LogP contribution in [-0.2, 0) is 21.1 Å². The summed E-state index contributed by atoms with van der Waals surface area (Å²) in [5.41, 5.74) is 2.82. The lowest BCUT2D eigenvalue weighted by atomic mass is 10.1. The van der Waals surface area contributed by atoms with Crippen molar-refractivity contribution < 1.29 is 17.9 Å². The number of amidine groups is 1. The summed E-state index contributed by atoms with van der Waals surface area (Å²) in [5.74, 6) is 0.593. The quantitative estimate of drug-likeness (QED) is 0.743. The molecule has 2 aromatic rings. The molecule has 2 saturated heterocycles. The highest BCUT2D eigenvalue weighted by Crippen LogP contribution is 2.41. The van der Waals surface area contributed by atoms with Gasteiger partial charge in [-0.1, -0.05) is 47.7 Å². The Morgan fingerprint density at radius 2 is 1.97 bits per heavy atom. The minimum Gasteiger partial charge on any atom is -0.497 e. The molecule has 2 fully saturated rings. The number of nitrogens with zero attached hydrogens (tertiary/aromatic N) is 2. The van der Waals surface area contributed by atoms with Gasteiger partial charge in [-0.15, -0.1) is 0 Å². The van der Waals surface area contributed by atoms with Gasteiger partial charge in [-0.05, 0) is 24.6 Å². The minimum absolute atomic E-state index is 0.0625. The number of amides is 1. The molecule has 0 aromatic heterocycles. The van der Waals surface area contributed by atoms with E-state index >= 15 is 0 Å². The third-order valence-corrected chi connectivity index (χ3v) is 8.30. The third kappa shape index (κ3) is 4.33. The molecular weight excluding hydrogens is 408 g/mol. The van der Waals surface area contributed by atoms with Crippen LogP contribution in [-0.4, -0.2) is 49.4 Å². The van der Waals surface area contributed by atoms with Crippen LogP contribution < -0.4 is 9.64 Å². The number of hydrogen-bond donors (Lipinski definition) is 0. The molecule has 2 aromatic carbocycles. The number of ether oxygens (including phenoxy) is 1. The zero-order valence-electron chi connectivity index (χ0n) is 16.2. The average molecular weight is 431 g/mol. The van der Waals surface area contributed by atoms with Gasteiger partial charge >= 0.3 is 0 Å². The van der Waals surface area contributed by atoms with Gasteiger partial charge in [0.2, 0.25) is 0 Å². The van der Waals surface area contributed by atoms with Crippen molar-refractivity contribution in [1.29, 1.82) is 0 Å². The van der Waals surface area contributed by atoms with Gasteiger partial charge < -0.3 is 9.64 Å². The van der Waals surface area contributed by atoms with Gasteiger partial charge in [-0.3, -0.25) is 4.79 Å². The van der Waals surface area contributed by atoms with Crippen LogP contribution in [0.4, 0.5) is 5.69 Å². The van der Waals surface area contributed by atoms with E-state index in [0.717, 1.165) is 16.8 Å². The van der Waals surface area contributed by atoms with Gasteiger partial charge in [0.15, 0.2) is 15.0 Å². The molecule has 0 N–H and O–H groups in total. The predicted molar refractivity (Wildman–Crippen MR) is 117 cm³/mol. The van der Waals surface area contributed by atoms with E-state index in [9.17, 15) is 13.2 Å². The summed E-state index contributed by atoms with van der Waals surface area (Å²) in [7, 11) is -1.52. The van der Waals surface area contributed by atoms with Crippen molar-refractivity contribution in [3.05, 3.63) is 59.7 Å². The van der Waals surface area contributed by atoms with Crippen molar-refractivity contribution in [2.24, 2.45) is 4.99 Å². The van der Waals surface area contributed by atoms with Crippen LogP contribution in [0, 0.1) is 6.92 Å². The summed E-state index contributed by atoms with van der Waals surface area (Å²) in [4.78, 5) is 18.9. The SMILES string of the molecule is COc1cccc(N2C(=NC(=O)Cc3ccc(C)cc3)S[C@H]3CS(=O)(=O)C[C@H]32)c1. The van der Waals surface area contributed by atoms with Crippen LogP contribution in [0.25, 0.3) is 0 Å². The number of aryl methyl sites for hydroxylation is 1. The minimum atomic E-state index is -3.10. The lowest BCUT2D eigenvalue weighted by molar-refractivity contribution is -0.117. The number of thioether (sulfide) groups is 1. The number of carbonyl (C=O) groups excluding carboxylic acids is 1. The summed E-state index contributed by atoms with van der Waals surface area (Å²) in [6.45, 7) is 2.00. The summed E-state index contributed by atoms with van der Waals surface area (Å²) in [5, 5.41) is 0.428. The molecule has 0 bridgehead atoms. The van der Waals surface area contributed by atoms with E-state index < -0.39 is 9.84 Å². The highest BCUT2D eigenvalue weighted by molar-refractivity contribution is 8.16. The lowest BCUT2D eigenvalue weighted by Crippen LogP contribution is -2.37. The monoisotopic (exact) mass is 430 g/mol. The van der Waals surface area contributed by atoms with E-state index in [1.54, 1.807) is 7.11 Å². The number of benzene rings is 2. The molecule has 8 heteroatoms. The summed E-state index contributed by atoms with van der Waals surface area (Å²) in [6.07, 6.45) is 0.212. The first kappa shape index (κ1) is 20.0. The molecule has 0 saturated carbocycles. The van der Waals surface area contributed by atoms with Gasteiger partial charge in [-0.25, -0.2) is 8.42 Å². The molecule has 6 nitrogen and oxygen atoms in total. The first-order valence-electron chi connectivity index (χ1n) is 9.32. The summed E-state index contributed by atoms with van der Waals surface area (Å²) in [6, 6.07) is 15.0. The summed E-state index contributed by atoms with van der Waals surface area (Å²) < 4.78 is 29.7. The Balaban J connectivity index is 1.64. The molecule has 29 heavy (non-hydrogen) atoms. The van der Waals surface area contributed by atoms with Gasteiger partial charge in [-0.2, -0.15) is 4.99 Å². The Hall–Kier alpha value is -2.32. The number of rotatable bonds is 4. The van der Waals surface area contributed by atoms with E-state index in [1.165, 1.54) is 11.8 Å². The van der Waals surface area contributed by atoms with Gasteiger partial charge in [0.1, 0.15) is 5.75 Å². The molecular formula is C21H22N2O4S2. The van der Waals surface area contributed by atoms with E-state index in [0.29, 0.717) is 10.9 Å². The second kappa shape index (κ2) is 7.84. The van der Waals surface area contributed by atoms with Crippen LogP contribution in [0.5, 0.6) is 5.75 Å². The number of hydrogen-bond acceptors (Lipinski definition) is 5. The van der Waals surface area contributed by atoms with E-state index in [4.69, 9.17) is 4.74 Å². The van der Waals surface area contributed by atoms with Crippen LogP contribution >= 0.6 is 11.8 Å². The van der Waals surface area contributed by atoms with Crippen LogP contribution in [0.2, 0.25) is 0 Å². The Morgan fingerprint density at radius 1 is 1.21 bits per heavy atom. The largest absolute Gasteiger partial charge is 0.497 e. The first-order valence-corrected chi connectivity index (χ1v) is 12.0. The zero-order valence-corrected chi connectivity index (χ0v) is 17.9. The maximum atomic E-state index is 12.6. The second-order valence-electron chi connectivity index (χ2n) is 7.32. The molecule has 0 unspecified atom stereocenters. The number of sulfone groups is 1. The highest BCUT2D eigenvalue weighted by atomic mass is 32.2. The predicted octanol–water partition coefficient (Wildman–Crippen LogP) is 2.85. The molecule has 2 aliphatic rings. The normalized spacial score (nSPS) is 23.9. The van der Waals surface area contributed by atoms with Crippen molar-refractivity contribution in [3.8, 4) is 5.75 Å². The maximum absolute atomic E-state index is 12.6. The standard InChI is InChI=1S/C21H22N2O4S2/c1-14-6-8-15(9-7-14)10-20(24)22-21-23(16-4-3-5-17(11-16)27-2)18-12-29(25,26)13-19(18)28-21/h3-9,11,18-19H,10,12-13H2,1-2H3/t18-,19+/m1/s1. The Kier molecular flexibility index (Phi) is 5.40. The maximum Gasteiger partial charge on any atom is 0.252 e. The molecule has 2 atom stereocenters. The topological polar surface area (TPSA) is 76.0 Å². The molecule has 4 rings (SSSR count). The number of fused-ring (bicyclic) bond motifs is 1. The van der Waals surface area contributed by atoms with E-state index in [-0.39, 0.29) is 35.1 Å². The Morgan fingerprint density at radius 3 is 2.69 bits per heavy atom. The highest BCUT2D eigenvalue weighted by Gasteiger charge is 2.49. The smallest absolute Gasteiger partial charge is 0.252 e. The Labute approximate surface area is 174 Å². The van der Waals surface area contributed by atoms with Crippen molar-refractivity contribution >= 4 is 38.4 Å². The number of methoxy groups -OCH3 is 1. The lowest BCUT2D eigenvalue weighted by Gasteiger charge is -2.24. The molecule has 0 aliphatic carbocycles. The van der Waals surface area contributed by atoms with E-state index in [2.05, 4.69) is 4.99 Å². The number of aliphatic imine (C=N–C) groups is 1. The van der Waals surface area contributed by atoms with Gasteiger partial charge in [0.05, 0.1) is 31.1 Å². The molecule has 1 amide bonds. The van der Waals surface area contributed by atoms with Crippen molar-refractivity contribution in [1.82, 2.24) is 0 Å². The van der Waals surface area contributed by atoms with Gasteiger partial charge in [0.25, 0.3) is 5.91 Å². The van der Waals surface area contributed by atoms with Crippen LogP contribution in [0.3, 0.4) is 0 Å². The zero-order chi connectivity index (χ0) is 20.6. The molecule has 152 valence electrons. The van der Waals surface area contributed by atoms with Crippen LogP contribution in [0.1, 0.15) is 11.1 Å². The molecule has 0 spiro atoms. The summed E-state index contributed by atoms with van der Waals surface area (Å²) >= 11 is 1.38.